The van der Waals surface area contributed by atoms with E-state index in [1.165, 1.54) is 12.8 Å². The Morgan fingerprint density at radius 3 is 2.94 bits per heavy atom. The molecule has 1 saturated heterocycles. The van der Waals surface area contributed by atoms with Gasteiger partial charge in [0, 0.05) is 25.3 Å². The summed E-state index contributed by atoms with van der Waals surface area (Å²) in [5.74, 6) is 1.91. The molecule has 1 N–H and O–H groups in total. The summed E-state index contributed by atoms with van der Waals surface area (Å²) in [6.07, 6.45) is 4.77. The highest BCUT2D eigenvalue weighted by molar-refractivity contribution is 5.34. The van der Waals surface area contributed by atoms with Gasteiger partial charge >= 0.3 is 0 Å². The molecular formula is C14H26N4. The summed E-state index contributed by atoms with van der Waals surface area (Å²) in [5, 5.41) is 3.30. The van der Waals surface area contributed by atoms with E-state index in [0.29, 0.717) is 6.04 Å². The lowest BCUT2D eigenvalue weighted by molar-refractivity contribution is 0.394. The fraction of sp³-hybridized carbons (Fsp3) is 0.786. The van der Waals surface area contributed by atoms with Crippen LogP contribution in [0.3, 0.4) is 0 Å². The lowest BCUT2D eigenvalue weighted by Gasteiger charge is -2.34. The number of aromatic nitrogens is 2. The maximum Gasteiger partial charge on any atom is 0.205 e. The van der Waals surface area contributed by atoms with E-state index in [0.717, 1.165) is 37.2 Å². The van der Waals surface area contributed by atoms with E-state index in [-0.39, 0.29) is 0 Å². The first kappa shape index (κ1) is 13.4. The van der Waals surface area contributed by atoms with Crippen LogP contribution in [-0.4, -0.2) is 36.2 Å². The van der Waals surface area contributed by atoms with Crippen LogP contribution >= 0.6 is 0 Å². The highest BCUT2D eigenvalue weighted by Crippen LogP contribution is 2.25. The Labute approximate surface area is 110 Å². The molecular weight excluding hydrogens is 224 g/mol. The molecule has 1 atom stereocenters. The van der Waals surface area contributed by atoms with Crippen molar-refractivity contribution in [2.45, 2.75) is 39.7 Å². The molecule has 1 aliphatic heterocycles. The number of rotatable bonds is 4. The number of imidazole rings is 1. The Kier molecular flexibility index (Phi) is 4.27. The van der Waals surface area contributed by atoms with Gasteiger partial charge in [-0.05, 0) is 53.1 Å². The molecule has 18 heavy (non-hydrogen) atoms. The van der Waals surface area contributed by atoms with Gasteiger partial charge in [0.05, 0.1) is 5.69 Å². The molecule has 1 aromatic rings. The molecule has 0 spiro atoms. The van der Waals surface area contributed by atoms with Gasteiger partial charge in [0.15, 0.2) is 0 Å². The smallest absolute Gasteiger partial charge is 0.205 e. The van der Waals surface area contributed by atoms with Crippen LogP contribution in [0.2, 0.25) is 0 Å². The molecule has 1 aliphatic rings. The molecule has 1 aromatic heterocycles. The lowest BCUT2D eigenvalue weighted by Crippen LogP contribution is -2.40. The van der Waals surface area contributed by atoms with Crippen molar-refractivity contribution in [3.05, 3.63) is 11.9 Å². The highest BCUT2D eigenvalue weighted by atomic mass is 15.3. The minimum Gasteiger partial charge on any atom is -0.342 e. The maximum absolute atomic E-state index is 4.72. The first-order valence-corrected chi connectivity index (χ1v) is 7.06. The monoisotopic (exact) mass is 250 g/mol. The van der Waals surface area contributed by atoms with Gasteiger partial charge < -0.3 is 14.8 Å². The van der Waals surface area contributed by atoms with Crippen molar-refractivity contribution in [1.82, 2.24) is 14.9 Å². The fourth-order valence-corrected chi connectivity index (χ4v) is 2.82. The summed E-state index contributed by atoms with van der Waals surface area (Å²) in [5.41, 5.74) is 1.12. The number of anilines is 1. The second-order valence-electron chi connectivity index (χ2n) is 5.70. The van der Waals surface area contributed by atoms with Gasteiger partial charge in [-0.25, -0.2) is 4.98 Å². The Morgan fingerprint density at radius 1 is 1.50 bits per heavy atom. The summed E-state index contributed by atoms with van der Waals surface area (Å²) in [6.45, 7) is 9.90. The van der Waals surface area contributed by atoms with Gasteiger partial charge in [0.1, 0.15) is 0 Å². The zero-order valence-electron chi connectivity index (χ0n) is 12.1. The van der Waals surface area contributed by atoms with Crippen molar-refractivity contribution in [3.8, 4) is 0 Å². The van der Waals surface area contributed by atoms with Crippen molar-refractivity contribution >= 4 is 5.95 Å². The van der Waals surface area contributed by atoms with Crippen LogP contribution in [0.1, 0.15) is 38.4 Å². The molecule has 0 amide bonds. The van der Waals surface area contributed by atoms with Crippen molar-refractivity contribution in [3.63, 3.8) is 0 Å². The molecule has 0 radical (unpaired) electrons. The molecule has 0 aromatic carbocycles. The van der Waals surface area contributed by atoms with Gasteiger partial charge in [-0.3, -0.25) is 0 Å². The third kappa shape index (κ3) is 2.86. The molecule has 2 heterocycles. The SMILES string of the molecule is CNCC1CCCN(c2nc(C)cn2C(C)C)C1. The van der Waals surface area contributed by atoms with Crippen molar-refractivity contribution in [1.29, 1.82) is 0 Å². The molecule has 1 unspecified atom stereocenters. The molecule has 4 nitrogen and oxygen atoms in total. The predicted molar refractivity (Wildman–Crippen MR) is 76.2 cm³/mol. The summed E-state index contributed by atoms with van der Waals surface area (Å²) < 4.78 is 2.30. The van der Waals surface area contributed by atoms with Crippen LogP contribution < -0.4 is 10.2 Å². The normalized spacial score (nSPS) is 20.7. The Morgan fingerprint density at radius 2 is 2.28 bits per heavy atom. The van der Waals surface area contributed by atoms with Crippen molar-refractivity contribution < 1.29 is 0 Å². The van der Waals surface area contributed by atoms with Gasteiger partial charge in [-0.2, -0.15) is 0 Å². The van der Waals surface area contributed by atoms with Crippen molar-refractivity contribution in [2.75, 3.05) is 31.6 Å². The zero-order chi connectivity index (χ0) is 13.1. The van der Waals surface area contributed by atoms with Crippen LogP contribution in [0.25, 0.3) is 0 Å². The number of hydrogen-bond acceptors (Lipinski definition) is 3. The number of nitrogens with one attached hydrogen (secondary N) is 1. The van der Waals surface area contributed by atoms with Crippen LogP contribution in [0.4, 0.5) is 5.95 Å². The molecule has 102 valence electrons. The average Bonchev–Trinajstić information content (AvgIpc) is 2.72. The molecule has 2 rings (SSSR count). The summed E-state index contributed by atoms with van der Waals surface area (Å²) in [7, 11) is 2.04. The van der Waals surface area contributed by atoms with Gasteiger partial charge in [0.2, 0.25) is 5.95 Å². The maximum atomic E-state index is 4.72. The third-order valence-electron chi connectivity index (χ3n) is 3.68. The van der Waals surface area contributed by atoms with E-state index in [1.807, 2.05) is 7.05 Å². The van der Waals surface area contributed by atoms with E-state index < -0.39 is 0 Å². The third-order valence-corrected chi connectivity index (χ3v) is 3.68. The average molecular weight is 250 g/mol. The fourth-order valence-electron chi connectivity index (χ4n) is 2.82. The van der Waals surface area contributed by atoms with Gasteiger partial charge in [-0.15, -0.1) is 0 Å². The number of hydrogen-bond donors (Lipinski definition) is 1. The molecule has 0 saturated carbocycles. The van der Waals surface area contributed by atoms with E-state index in [9.17, 15) is 0 Å². The molecule has 1 fully saturated rings. The van der Waals surface area contributed by atoms with E-state index in [4.69, 9.17) is 4.98 Å². The minimum atomic E-state index is 0.478. The van der Waals surface area contributed by atoms with Crippen LogP contribution in [0, 0.1) is 12.8 Å². The quantitative estimate of drug-likeness (QED) is 0.889. The van der Waals surface area contributed by atoms with E-state index in [1.54, 1.807) is 0 Å². The van der Waals surface area contributed by atoms with Gasteiger partial charge in [-0.1, -0.05) is 0 Å². The minimum absolute atomic E-state index is 0.478. The lowest BCUT2D eigenvalue weighted by atomic mass is 9.98. The van der Waals surface area contributed by atoms with E-state index >= 15 is 0 Å². The number of nitrogens with zero attached hydrogens (tertiary/aromatic N) is 3. The van der Waals surface area contributed by atoms with E-state index in [2.05, 4.69) is 41.8 Å². The second-order valence-corrected chi connectivity index (χ2v) is 5.70. The Bertz CT molecular complexity index is 381. The summed E-state index contributed by atoms with van der Waals surface area (Å²) in [4.78, 5) is 7.18. The zero-order valence-corrected chi connectivity index (χ0v) is 12.1. The molecule has 4 heteroatoms. The van der Waals surface area contributed by atoms with Crippen molar-refractivity contribution in [2.24, 2.45) is 5.92 Å². The summed E-state index contributed by atoms with van der Waals surface area (Å²) in [6, 6.07) is 0.478. The first-order chi connectivity index (χ1) is 8.61. The Hall–Kier alpha value is -1.03. The van der Waals surface area contributed by atoms with Gasteiger partial charge in [0.25, 0.3) is 0 Å². The van der Waals surface area contributed by atoms with Crippen LogP contribution in [0.15, 0.2) is 6.20 Å². The predicted octanol–water partition coefficient (Wildman–Crippen LogP) is 2.21. The second kappa shape index (κ2) is 5.74. The standard InChI is InChI=1S/C14H26N4/c1-11(2)18-9-12(3)16-14(18)17-7-5-6-13(10-17)8-15-4/h9,11,13,15H,5-8,10H2,1-4H3. The van der Waals surface area contributed by atoms with Crippen LogP contribution in [-0.2, 0) is 0 Å². The first-order valence-electron chi connectivity index (χ1n) is 7.06. The number of aryl methyl sites for hydroxylation is 1. The topological polar surface area (TPSA) is 33.1 Å². The highest BCUT2D eigenvalue weighted by Gasteiger charge is 2.23. The number of piperidine rings is 1. The Balaban J connectivity index is 2.15. The molecule has 0 aliphatic carbocycles. The largest absolute Gasteiger partial charge is 0.342 e. The summed E-state index contributed by atoms with van der Waals surface area (Å²) >= 11 is 0. The van der Waals surface area contributed by atoms with Crippen LogP contribution in [0.5, 0.6) is 0 Å². The molecule has 0 bridgehead atoms.